The second-order valence-corrected chi connectivity index (χ2v) is 7.09. The number of rotatable bonds is 4. The van der Waals surface area contributed by atoms with Crippen LogP contribution in [-0.4, -0.2) is 29.5 Å². The van der Waals surface area contributed by atoms with Gasteiger partial charge < -0.3 is 9.36 Å². The van der Waals surface area contributed by atoms with E-state index in [1.165, 1.54) is 0 Å². The Morgan fingerprint density at radius 3 is 1.54 bits per heavy atom. The normalized spacial score (nSPS) is 11.3. The first-order valence-corrected chi connectivity index (χ1v) is 8.77. The van der Waals surface area contributed by atoms with E-state index in [0.717, 1.165) is 34.2 Å². The molecule has 7 heteroatoms. The quantitative estimate of drug-likeness (QED) is 0.365. The monoisotopic (exact) mass is 551 g/mol. The zero-order valence-electron chi connectivity index (χ0n) is 16.1. The predicted molar refractivity (Wildman–Crippen MR) is 102 cm³/mol. The van der Waals surface area contributed by atoms with Crippen molar-refractivity contribution in [2.24, 2.45) is 0 Å². The van der Waals surface area contributed by atoms with E-state index in [4.69, 9.17) is 9.97 Å². The van der Waals surface area contributed by atoms with Crippen LogP contribution >= 0.6 is 0 Å². The first-order chi connectivity index (χ1) is 12.9. The van der Waals surface area contributed by atoms with Crippen molar-refractivity contribution in [3.63, 3.8) is 0 Å². The number of aromatic nitrogens is 6. The van der Waals surface area contributed by atoms with E-state index < -0.39 is 5.41 Å². The molecule has 0 spiro atoms. The zero-order valence-corrected chi connectivity index (χ0v) is 18.4. The number of pyridine rings is 2. The van der Waals surface area contributed by atoms with Crippen LogP contribution < -0.4 is 0 Å². The second-order valence-electron chi connectivity index (χ2n) is 7.09. The topological polar surface area (TPSA) is 61.4 Å². The molecule has 0 fully saturated rings. The van der Waals surface area contributed by atoms with Gasteiger partial charge in [-0.3, -0.25) is 20.2 Å². The third kappa shape index (κ3) is 3.83. The van der Waals surface area contributed by atoms with E-state index in [9.17, 15) is 0 Å². The Kier molecular flexibility index (Phi) is 5.61. The predicted octanol–water partition coefficient (Wildman–Crippen LogP) is 3.39. The standard InChI is InChI=1S/C21H20N6.Pt/c1-15-11-22-26(13-15)19-9-5-7-17(24-19)21(3,4)18-8-6-10-20(25-18)27-14-16(2)12-23-27;/h5-12H,1-4H3;/q-2;+2. The Hall–Kier alpha value is -2.59. The van der Waals surface area contributed by atoms with Gasteiger partial charge in [0.1, 0.15) is 0 Å². The van der Waals surface area contributed by atoms with Gasteiger partial charge in [-0.05, 0) is 38.4 Å². The van der Waals surface area contributed by atoms with Gasteiger partial charge in [0.2, 0.25) is 0 Å². The molecule has 0 bridgehead atoms. The smallest absolute Gasteiger partial charge is 0.343 e. The fourth-order valence-electron chi connectivity index (χ4n) is 2.88. The summed E-state index contributed by atoms with van der Waals surface area (Å²) in [5.41, 5.74) is 3.37. The third-order valence-corrected chi connectivity index (χ3v) is 4.48. The fourth-order valence-corrected chi connectivity index (χ4v) is 2.88. The van der Waals surface area contributed by atoms with Crippen LogP contribution in [0.2, 0.25) is 0 Å². The zero-order chi connectivity index (χ0) is 19.0. The van der Waals surface area contributed by atoms with Crippen LogP contribution in [0, 0.1) is 26.2 Å². The van der Waals surface area contributed by atoms with E-state index in [1.807, 2.05) is 50.2 Å². The van der Waals surface area contributed by atoms with Crippen LogP contribution in [-0.2, 0) is 26.5 Å². The molecular weight excluding hydrogens is 531 g/mol. The molecule has 0 aliphatic heterocycles. The van der Waals surface area contributed by atoms with Gasteiger partial charge in [0.05, 0.1) is 11.6 Å². The van der Waals surface area contributed by atoms with Crippen LogP contribution in [0.4, 0.5) is 0 Å². The summed E-state index contributed by atoms with van der Waals surface area (Å²) in [7, 11) is 0. The molecule has 0 N–H and O–H groups in total. The van der Waals surface area contributed by atoms with Crippen molar-refractivity contribution in [1.82, 2.24) is 29.5 Å². The van der Waals surface area contributed by atoms with Gasteiger partial charge in [-0.2, -0.15) is 0 Å². The van der Waals surface area contributed by atoms with E-state index in [2.05, 4.69) is 36.4 Å². The first kappa shape index (κ1) is 20.2. The average molecular weight is 552 g/mol. The molecule has 28 heavy (non-hydrogen) atoms. The fraction of sp³-hybridized carbons (Fsp3) is 0.238. The van der Waals surface area contributed by atoms with E-state index in [0.29, 0.717) is 0 Å². The van der Waals surface area contributed by atoms with Crippen LogP contribution in [0.15, 0.2) is 48.8 Å². The van der Waals surface area contributed by atoms with Gasteiger partial charge in [0.25, 0.3) is 0 Å². The molecular formula is C21H20N6Pt. The number of hydrogen-bond donors (Lipinski definition) is 0. The largest absolute Gasteiger partial charge is 2.00 e. The van der Waals surface area contributed by atoms with Crippen molar-refractivity contribution in [2.75, 3.05) is 0 Å². The molecule has 0 aliphatic carbocycles. The molecule has 4 aromatic rings. The molecule has 0 radical (unpaired) electrons. The summed E-state index contributed by atoms with van der Waals surface area (Å²) in [5, 5.41) is 8.61. The summed E-state index contributed by atoms with van der Waals surface area (Å²) in [6, 6.07) is 11.8. The summed E-state index contributed by atoms with van der Waals surface area (Å²) in [6.07, 6.45) is 9.85. The van der Waals surface area contributed by atoms with E-state index in [1.54, 1.807) is 21.8 Å². The molecule has 0 saturated heterocycles. The van der Waals surface area contributed by atoms with Crippen LogP contribution in [0.25, 0.3) is 11.6 Å². The summed E-state index contributed by atoms with van der Waals surface area (Å²) >= 11 is 0. The molecule has 6 nitrogen and oxygen atoms in total. The Labute approximate surface area is 178 Å². The minimum atomic E-state index is -0.392. The van der Waals surface area contributed by atoms with Crippen molar-refractivity contribution >= 4 is 0 Å². The van der Waals surface area contributed by atoms with Crippen LogP contribution in [0.1, 0.15) is 36.4 Å². The summed E-state index contributed by atoms with van der Waals surface area (Å²) in [5.74, 6) is 1.47. The molecule has 4 aromatic heterocycles. The molecule has 0 aliphatic rings. The Balaban J connectivity index is 0.00000225. The van der Waals surface area contributed by atoms with E-state index >= 15 is 0 Å². The van der Waals surface area contributed by atoms with Gasteiger partial charge in [-0.25, -0.2) is 0 Å². The Morgan fingerprint density at radius 2 is 1.18 bits per heavy atom. The molecule has 0 atom stereocenters. The summed E-state index contributed by atoms with van der Waals surface area (Å²) in [4.78, 5) is 9.62. The van der Waals surface area contributed by atoms with Gasteiger partial charge >= 0.3 is 21.1 Å². The van der Waals surface area contributed by atoms with Crippen LogP contribution in [0.5, 0.6) is 0 Å². The van der Waals surface area contributed by atoms with Gasteiger partial charge in [0, 0.05) is 16.8 Å². The van der Waals surface area contributed by atoms with Gasteiger partial charge in [-0.15, -0.1) is 11.1 Å². The van der Waals surface area contributed by atoms with Crippen molar-refractivity contribution in [1.29, 1.82) is 0 Å². The maximum atomic E-state index is 4.81. The van der Waals surface area contributed by atoms with Crippen molar-refractivity contribution in [3.05, 3.63) is 83.7 Å². The third-order valence-electron chi connectivity index (χ3n) is 4.48. The molecule has 0 amide bonds. The minimum absolute atomic E-state index is 0. The summed E-state index contributed by atoms with van der Waals surface area (Å²) < 4.78 is 3.33. The molecule has 4 heterocycles. The Morgan fingerprint density at radius 1 is 0.750 bits per heavy atom. The maximum Gasteiger partial charge on any atom is 2.00 e. The molecule has 4 rings (SSSR count). The molecule has 0 saturated carbocycles. The van der Waals surface area contributed by atoms with Crippen LogP contribution in [0.3, 0.4) is 0 Å². The van der Waals surface area contributed by atoms with Gasteiger partial charge in [-0.1, -0.05) is 50.5 Å². The number of nitrogens with zero attached hydrogens (tertiary/aromatic N) is 6. The van der Waals surface area contributed by atoms with Crippen molar-refractivity contribution < 1.29 is 21.1 Å². The Bertz CT molecular complexity index is 1010. The molecule has 0 aromatic carbocycles. The SMILES string of the molecule is Cc1[c-]n(-c2cccc(C(C)(C)c3cccc(-n4[c-]c(C)cn4)n3)n2)nc1.[Pt+2]. The molecule has 144 valence electrons. The average Bonchev–Trinajstić information content (AvgIpc) is 3.30. The second kappa shape index (κ2) is 7.80. The van der Waals surface area contributed by atoms with Gasteiger partial charge in [0.15, 0.2) is 0 Å². The van der Waals surface area contributed by atoms with E-state index in [-0.39, 0.29) is 21.1 Å². The molecule has 0 unspecified atom stereocenters. The van der Waals surface area contributed by atoms with Crippen molar-refractivity contribution in [3.8, 4) is 11.6 Å². The number of aryl methyl sites for hydroxylation is 2. The first-order valence-electron chi connectivity index (χ1n) is 8.77. The maximum absolute atomic E-state index is 4.81. The minimum Gasteiger partial charge on any atom is -0.343 e. The summed E-state index contributed by atoms with van der Waals surface area (Å²) in [6.45, 7) is 8.14. The number of hydrogen-bond acceptors (Lipinski definition) is 4. The van der Waals surface area contributed by atoms with Crippen molar-refractivity contribution in [2.45, 2.75) is 33.1 Å².